The van der Waals surface area contributed by atoms with Crippen molar-refractivity contribution in [3.05, 3.63) is 0 Å². The van der Waals surface area contributed by atoms with Crippen molar-refractivity contribution in [2.24, 2.45) is 0 Å². The molecular weight excluding hydrogens is 184 g/mol. The average molecular weight is 206 g/mol. The highest BCUT2D eigenvalue weighted by Crippen LogP contribution is 1.82. The van der Waals surface area contributed by atoms with Crippen molar-refractivity contribution in [2.75, 3.05) is 27.2 Å². The minimum atomic E-state index is -1.49. The fourth-order valence-electron chi connectivity index (χ4n) is 1.32. The Bertz CT molecular complexity index is 94.7. The van der Waals surface area contributed by atoms with Crippen molar-refractivity contribution >= 4 is 17.3 Å². The summed E-state index contributed by atoms with van der Waals surface area (Å²) in [5.41, 5.74) is 0. The molecule has 0 fully saturated rings. The molecule has 4 nitrogen and oxygen atoms in total. The highest BCUT2D eigenvalue weighted by atomic mass is 29.2. The highest BCUT2D eigenvalue weighted by molar-refractivity contribution is 7.19. The van der Waals surface area contributed by atoms with Crippen molar-refractivity contribution in [2.45, 2.75) is 13.8 Å². The van der Waals surface area contributed by atoms with Crippen molar-refractivity contribution in [3.63, 3.8) is 0 Å². The first-order valence-electron chi connectivity index (χ1n) is 4.58. The molecule has 0 aromatic carbocycles. The standard InChI is InChI=1S/C6H22N4Si2/c1-5-9-12(8-4,10-6-2)11-7-3/h7-10H,5-6,11H2,1-4H3. The third-order valence-corrected chi connectivity index (χ3v) is 10.7. The summed E-state index contributed by atoms with van der Waals surface area (Å²) in [6.07, 6.45) is 0. The zero-order valence-corrected chi connectivity index (χ0v) is 11.0. The molecule has 0 heterocycles. The summed E-state index contributed by atoms with van der Waals surface area (Å²) in [4.78, 5) is 13.9. The molecule has 0 aliphatic carbocycles. The van der Waals surface area contributed by atoms with Crippen LogP contribution in [-0.2, 0) is 0 Å². The van der Waals surface area contributed by atoms with Gasteiger partial charge in [0, 0.05) is 0 Å². The van der Waals surface area contributed by atoms with Crippen molar-refractivity contribution < 1.29 is 0 Å². The van der Waals surface area contributed by atoms with E-state index in [1.165, 1.54) is 0 Å². The second kappa shape index (κ2) is 6.75. The van der Waals surface area contributed by atoms with Crippen LogP contribution in [0.15, 0.2) is 0 Å². The minimum Gasteiger partial charge on any atom is -0.344 e. The van der Waals surface area contributed by atoms with Crippen LogP contribution in [0.1, 0.15) is 13.8 Å². The molecular formula is C6H22N4Si2. The first-order valence-corrected chi connectivity index (χ1v) is 9.61. The van der Waals surface area contributed by atoms with Crippen LogP contribution in [0.4, 0.5) is 0 Å². The summed E-state index contributed by atoms with van der Waals surface area (Å²) in [5.74, 6) is 0. The van der Waals surface area contributed by atoms with E-state index in [0.29, 0.717) is 0 Å². The number of nitrogens with one attached hydrogen (secondary N) is 4. The maximum Gasteiger partial charge on any atom is 0.272 e. The second-order valence-electron chi connectivity index (χ2n) is 2.75. The predicted molar refractivity (Wildman–Crippen MR) is 59.8 cm³/mol. The first-order chi connectivity index (χ1) is 5.74. The van der Waals surface area contributed by atoms with Crippen LogP contribution in [0.25, 0.3) is 0 Å². The molecule has 0 atom stereocenters. The molecule has 0 saturated carbocycles. The Morgan fingerprint density at radius 1 is 1.08 bits per heavy atom. The summed E-state index contributed by atoms with van der Waals surface area (Å²) in [7, 11) is 2.36. The van der Waals surface area contributed by atoms with E-state index in [1.807, 2.05) is 14.1 Å². The van der Waals surface area contributed by atoms with E-state index in [0.717, 1.165) is 13.1 Å². The molecule has 0 amide bonds. The Balaban J connectivity index is 4.06. The van der Waals surface area contributed by atoms with Crippen LogP contribution < -0.4 is 19.9 Å². The van der Waals surface area contributed by atoms with Gasteiger partial charge in [0.15, 0.2) is 0 Å². The van der Waals surface area contributed by atoms with Crippen LogP contribution in [-0.4, -0.2) is 44.5 Å². The molecule has 0 rings (SSSR count). The van der Waals surface area contributed by atoms with Gasteiger partial charge in [0.1, 0.15) is 9.20 Å². The molecule has 0 unspecified atom stereocenters. The Labute approximate surface area is 78.8 Å². The Kier molecular flexibility index (Phi) is 6.91. The average Bonchev–Trinajstić information content (AvgIpc) is 2.06. The monoisotopic (exact) mass is 206 g/mol. The van der Waals surface area contributed by atoms with Crippen molar-refractivity contribution in [1.82, 2.24) is 19.9 Å². The fourth-order valence-corrected chi connectivity index (χ4v) is 8.34. The molecule has 0 aliphatic rings. The van der Waals surface area contributed by atoms with Crippen molar-refractivity contribution in [3.8, 4) is 0 Å². The largest absolute Gasteiger partial charge is 0.344 e. The van der Waals surface area contributed by atoms with Crippen LogP contribution >= 0.6 is 0 Å². The molecule has 0 aliphatic heterocycles. The molecule has 0 bridgehead atoms. The van der Waals surface area contributed by atoms with E-state index >= 15 is 0 Å². The first kappa shape index (κ1) is 12.3. The van der Waals surface area contributed by atoms with Gasteiger partial charge in [-0.15, -0.1) is 0 Å². The van der Waals surface area contributed by atoms with E-state index in [-0.39, 0.29) is 9.20 Å². The maximum absolute atomic E-state index is 3.56. The zero-order valence-electron chi connectivity index (χ0n) is 8.62. The summed E-state index contributed by atoms with van der Waals surface area (Å²) < 4.78 is 0. The topological polar surface area (TPSA) is 48.1 Å². The van der Waals surface area contributed by atoms with Crippen LogP contribution in [0.2, 0.25) is 0 Å². The SMILES string of the molecule is CCN[Si](NC)(NCC)[SiH2]NC. The van der Waals surface area contributed by atoms with Crippen LogP contribution in [0.3, 0.4) is 0 Å². The number of hydrogen-bond acceptors (Lipinski definition) is 4. The molecule has 0 aromatic rings. The third kappa shape index (κ3) is 3.79. The quantitative estimate of drug-likeness (QED) is 0.370. The van der Waals surface area contributed by atoms with Gasteiger partial charge in [-0.1, -0.05) is 13.8 Å². The third-order valence-electron chi connectivity index (χ3n) is 1.83. The molecule has 0 spiro atoms. The molecule has 12 heavy (non-hydrogen) atoms. The van der Waals surface area contributed by atoms with E-state index in [2.05, 4.69) is 33.8 Å². The zero-order chi connectivity index (χ0) is 9.45. The summed E-state index contributed by atoms with van der Waals surface area (Å²) in [6, 6.07) is 0. The van der Waals surface area contributed by atoms with Gasteiger partial charge in [-0.25, -0.2) is 0 Å². The van der Waals surface area contributed by atoms with E-state index in [1.54, 1.807) is 0 Å². The van der Waals surface area contributed by atoms with E-state index < -0.39 is 8.08 Å². The molecule has 0 radical (unpaired) electrons. The smallest absolute Gasteiger partial charge is 0.272 e. The molecule has 6 heteroatoms. The lowest BCUT2D eigenvalue weighted by atomic mass is 10.8. The molecule has 4 N–H and O–H groups in total. The lowest BCUT2D eigenvalue weighted by molar-refractivity contribution is 0.834. The second-order valence-corrected chi connectivity index (χ2v) is 11.1. The van der Waals surface area contributed by atoms with E-state index in [4.69, 9.17) is 0 Å². The van der Waals surface area contributed by atoms with Gasteiger partial charge in [0.2, 0.25) is 0 Å². The summed E-state index contributed by atoms with van der Waals surface area (Å²) >= 11 is 0. The summed E-state index contributed by atoms with van der Waals surface area (Å²) in [6.45, 7) is 6.38. The highest BCUT2D eigenvalue weighted by Gasteiger charge is 2.29. The van der Waals surface area contributed by atoms with Gasteiger partial charge in [0.05, 0.1) is 0 Å². The number of hydrogen-bond donors (Lipinski definition) is 4. The van der Waals surface area contributed by atoms with Gasteiger partial charge in [0.25, 0.3) is 8.08 Å². The van der Waals surface area contributed by atoms with Gasteiger partial charge < -0.3 is 19.9 Å². The van der Waals surface area contributed by atoms with Gasteiger partial charge >= 0.3 is 0 Å². The lowest BCUT2D eigenvalue weighted by Crippen LogP contribution is -2.77. The molecule has 0 saturated heterocycles. The normalized spacial score (nSPS) is 13.0. The van der Waals surface area contributed by atoms with Gasteiger partial charge in [-0.2, -0.15) is 0 Å². The molecule has 0 aromatic heterocycles. The Morgan fingerprint density at radius 3 is 1.83 bits per heavy atom. The summed E-state index contributed by atoms with van der Waals surface area (Å²) in [5, 5.41) is 0. The van der Waals surface area contributed by atoms with Crippen LogP contribution in [0.5, 0.6) is 0 Å². The van der Waals surface area contributed by atoms with E-state index in [9.17, 15) is 0 Å². The van der Waals surface area contributed by atoms with Crippen LogP contribution in [0, 0.1) is 0 Å². The van der Waals surface area contributed by atoms with Gasteiger partial charge in [-0.3, -0.25) is 0 Å². The lowest BCUT2D eigenvalue weighted by Gasteiger charge is -2.31. The van der Waals surface area contributed by atoms with Gasteiger partial charge in [-0.05, 0) is 27.2 Å². The predicted octanol–water partition coefficient (Wildman–Crippen LogP) is -1.84. The maximum atomic E-state index is 3.56. The number of rotatable bonds is 7. The Morgan fingerprint density at radius 2 is 1.58 bits per heavy atom. The van der Waals surface area contributed by atoms with Crippen molar-refractivity contribution in [1.29, 1.82) is 0 Å². The fraction of sp³-hybridized carbons (Fsp3) is 1.00. The Hall–Kier alpha value is 0.274. The molecule has 74 valence electrons. The minimum absolute atomic E-state index is 0.238.